The number of nitrogens with zero attached hydrogens (tertiary/aromatic N) is 1. The number of aliphatic hydroxyl groups is 1. The molecule has 0 radical (unpaired) electrons. The molecule has 1 amide bonds. The average Bonchev–Trinajstić information content (AvgIpc) is 3.30. The van der Waals surface area contributed by atoms with Crippen LogP contribution in [-0.2, 0) is 18.4 Å². The molecule has 0 saturated heterocycles. The topological polar surface area (TPSA) is 108 Å². The minimum Gasteiger partial charge on any atom is -0.756 e. The average molecular weight is 965 g/mol. The first-order valence-corrected chi connectivity index (χ1v) is 28.4. The smallest absolute Gasteiger partial charge is 0.268 e. The summed E-state index contributed by atoms with van der Waals surface area (Å²) in [6, 6.07) is -0.892. The van der Waals surface area contributed by atoms with Crippen LogP contribution in [0.2, 0.25) is 0 Å². The molecule has 0 aliphatic rings. The van der Waals surface area contributed by atoms with Crippen molar-refractivity contribution in [3.05, 3.63) is 122 Å². The number of phosphoric ester groups is 1. The number of allylic oxidation sites excluding steroid dienone is 19. The van der Waals surface area contributed by atoms with E-state index in [9.17, 15) is 19.4 Å². The van der Waals surface area contributed by atoms with Gasteiger partial charge in [-0.3, -0.25) is 9.36 Å². The summed E-state index contributed by atoms with van der Waals surface area (Å²) in [5, 5.41) is 13.7. The van der Waals surface area contributed by atoms with Crippen LogP contribution in [0.4, 0.5) is 0 Å². The van der Waals surface area contributed by atoms with Crippen LogP contribution in [0, 0.1) is 0 Å². The number of unbranched alkanes of at least 4 members (excludes halogenated alkanes) is 16. The van der Waals surface area contributed by atoms with Crippen molar-refractivity contribution in [2.45, 2.75) is 206 Å². The zero-order chi connectivity index (χ0) is 49.9. The summed E-state index contributed by atoms with van der Waals surface area (Å²) in [7, 11) is 1.24. The van der Waals surface area contributed by atoms with Gasteiger partial charge < -0.3 is 28.8 Å². The van der Waals surface area contributed by atoms with Crippen molar-refractivity contribution >= 4 is 13.7 Å². The molecule has 0 rings (SSSR count). The monoisotopic (exact) mass is 965 g/mol. The van der Waals surface area contributed by atoms with Crippen LogP contribution in [-0.4, -0.2) is 68.5 Å². The molecule has 0 saturated carbocycles. The second kappa shape index (κ2) is 48.9. The SMILES string of the molecule is CC/C=C\C/C=C\C/C=C\C/C=C\C/C=C\C/C=C\C/C=C\C/C=C\C/C=C\CCCCCCCCCCCCCC(=O)NC(COP(=O)([O-])OCC[N+](C)(C)C)C(O)/C=C/CCCCCCC. The normalized spacial score (nSPS) is 15.0. The number of likely N-dealkylation sites (N-methyl/N-ethyl adjacent to an activating group) is 1. The number of amides is 1. The van der Waals surface area contributed by atoms with E-state index in [0.29, 0.717) is 17.4 Å². The van der Waals surface area contributed by atoms with Gasteiger partial charge in [-0.1, -0.05) is 219 Å². The Morgan fingerprint density at radius 3 is 1.31 bits per heavy atom. The van der Waals surface area contributed by atoms with E-state index in [1.165, 1.54) is 70.6 Å². The summed E-state index contributed by atoms with van der Waals surface area (Å²) in [6.07, 6.45) is 73.0. The molecular formula is C59H101N2O6P. The molecule has 0 spiro atoms. The van der Waals surface area contributed by atoms with E-state index >= 15 is 0 Å². The highest BCUT2D eigenvalue weighted by Crippen LogP contribution is 2.38. The maximum Gasteiger partial charge on any atom is 0.268 e. The first-order valence-electron chi connectivity index (χ1n) is 26.9. The molecule has 2 N–H and O–H groups in total. The predicted octanol–water partition coefficient (Wildman–Crippen LogP) is 15.6. The van der Waals surface area contributed by atoms with Gasteiger partial charge in [0, 0.05) is 6.42 Å². The van der Waals surface area contributed by atoms with E-state index < -0.39 is 20.0 Å². The second-order valence-corrected chi connectivity index (χ2v) is 20.3. The van der Waals surface area contributed by atoms with Gasteiger partial charge in [0.2, 0.25) is 5.91 Å². The van der Waals surface area contributed by atoms with E-state index in [0.717, 1.165) is 103 Å². The van der Waals surface area contributed by atoms with Gasteiger partial charge in [-0.2, -0.15) is 0 Å². The fraction of sp³-hybridized carbons (Fsp3) is 0.644. The van der Waals surface area contributed by atoms with Crippen LogP contribution in [0.25, 0.3) is 0 Å². The zero-order valence-electron chi connectivity index (χ0n) is 44.0. The third-order valence-corrected chi connectivity index (χ3v) is 12.1. The van der Waals surface area contributed by atoms with Crippen molar-refractivity contribution in [2.75, 3.05) is 40.9 Å². The third-order valence-electron chi connectivity index (χ3n) is 11.2. The molecule has 0 aromatic carbocycles. The summed E-state index contributed by atoms with van der Waals surface area (Å²) < 4.78 is 23.1. The molecule has 0 bridgehead atoms. The summed E-state index contributed by atoms with van der Waals surface area (Å²) in [5.74, 6) is -0.211. The van der Waals surface area contributed by atoms with Gasteiger partial charge in [0.05, 0.1) is 39.9 Å². The van der Waals surface area contributed by atoms with Crippen molar-refractivity contribution in [3.63, 3.8) is 0 Å². The lowest BCUT2D eigenvalue weighted by Crippen LogP contribution is -2.45. The molecule has 0 aromatic heterocycles. The lowest BCUT2D eigenvalue weighted by atomic mass is 10.0. The number of phosphoric acid groups is 1. The molecule has 0 fully saturated rings. The first kappa shape index (κ1) is 64.9. The van der Waals surface area contributed by atoms with Crippen LogP contribution < -0.4 is 10.2 Å². The van der Waals surface area contributed by atoms with Crippen molar-refractivity contribution in [3.8, 4) is 0 Å². The van der Waals surface area contributed by atoms with E-state index in [1.54, 1.807) is 6.08 Å². The van der Waals surface area contributed by atoms with Crippen LogP contribution in [0.1, 0.15) is 194 Å². The Kier molecular flexibility index (Phi) is 46.7. The highest BCUT2D eigenvalue weighted by molar-refractivity contribution is 7.45. The van der Waals surface area contributed by atoms with Crippen LogP contribution in [0.5, 0.6) is 0 Å². The van der Waals surface area contributed by atoms with E-state index in [4.69, 9.17) is 9.05 Å². The third kappa shape index (κ3) is 50.8. The van der Waals surface area contributed by atoms with Crippen molar-refractivity contribution in [2.24, 2.45) is 0 Å². The Morgan fingerprint density at radius 2 is 0.897 bits per heavy atom. The standard InChI is InChI=1S/C59H101N2O6P/c1-6-8-10-12-14-15-16-17-18-19-20-21-22-23-24-25-26-27-28-29-30-31-32-33-34-35-36-37-38-39-40-41-42-43-44-45-47-49-51-53-59(63)60-57(58(62)52-50-48-46-13-11-9-7-2)56-67-68(64,65)66-55-54-61(3,4)5/h8,10,14-15,17-18,20-21,23-24,26-27,29-30,32-33,35-36,50,52,57-58,62H,6-7,9,11-13,16,19,22,25,28,31,34,37-49,51,53-56H2,1-5H3,(H-,60,63,64,65)/b10-8-,15-14-,18-17-,21-20-,24-23-,27-26-,30-29-,33-32-,36-35-,52-50+. The second-order valence-electron chi connectivity index (χ2n) is 18.9. The molecule has 0 heterocycles. The summed E-state index contributed by atoms with van der Waals surface area (Å²) in [6.45, 7) is 4.44. The number of carbonyl (C=O) groups excluding carboxylic acids is 1. The molecule has 0 aliphatic carbocycles. The molecular weight excluding hydrogens is 864 g/mol. The minimum absolute atomic E-state index is 0.00734. The Labute approximate surface area is 418 Å². The van der Waals surface area contributed by atoms with Gasteiger partial charge in [-0.25, -0.2) is 0 Å². The predicted molar refractivity (Wildman–Crippen MR) is 292 cm³/mol. The van der Waals surface area contributed by atoms with E-state index in [1.807, 2.05) is 27.2 Å². The number of quaternary nitrogens is 1. The number of rotatable bonds is 47. The van der Waals surface area contributed by atoms with Gasteiger partial charge in [0.1, 0.15) is 13.2 Å². The van der Waals surface area contributed by atoms with Gasteiger partial charge >= 0.3 is 0 Å². The van der Waals surface area contributed by atoms with Crippen LogP contribution >= 0.6 is 7.82 Å². The van der Waals surface area contributed by atoms with E-state index in [2.05, 4.69) is 129 Å². The Balaban J connectivity index is 3.97. The maximum absolute atomic E-state index is 12.8. The highest BCUT2D eigenvalue weighted by atomic mass is 31.2. The van der Waals surface area contributed by atoms with Gasteiger partial charge in [0.25, 0.3) is 7.82 Å². The van der Waals surface area contributed by atoms with Gasteiger partial charge in [-0.15, -0.1) is 0 Å². The van der Waals surface area contributed by atoms with Crippen molar-refractivity contribution in [1.82, 2.24) is 5.32 Å². The molecule has 0 aliphatic heterocycles. The number of carbonyl (C=O) groups is 1. The Hall–Kier alpha value is -3.10. The number of hydrogen-bond acceptors (Lipinski definition) is 6. The number of aliphatic hydroxyl groups excluding tert-OH is 1. The molecule has 68 heavy (non-hydrogen) atoms. The lowest BCUT2D eigenvalue weighted by molar-refractivity contribution is -0.870. The largest absolute Gasteiger partial charge is 0.756 e. The Bertz CT molecular complexity index is 1510. The molecule has 9 heteroatoms. The quantitative estimate of drug-likeness (QED) is 0.0272. The summed E-state index contributed by atoms with van der Waals surface area (Å²) in [4.78, 5) is 25.2. The molecule has 3 atom stereocenters. The van der Waals surface area contributed by atoms with Gasteiger partial charge in [-0.05, 0) is 89.9 Å². The highest BCUT2D eigenvalue weighted by Gasteiger charge is 2.23. The fourth-order valence-corrected chi connectivity index (χ4v) is 7.69. The number of nitrogens with one attached hydrogen (secondary N) is 1. The molecule has 8 nitrogen and oxygen atoms in total. The van der Waals surface area contributed by atoms with Crippen molar-refractivity contribution < 1.29 is 32.9 Å². The van der Waals surface area contributed by atoms with Crippen LogP contribution in [0.3, 0.4) is 0 Å². The fourth-order valence-electron chi connectivity index (χ4n) is 6.97. The number of hydrogen-bond donors (Lipinski definition) is 2. The molecule has 3 unspecified atom stereocenters. The van der Waals surface area contributed by atoms with E-state index in [-0.39, 0.29) is 19.1 Å². The Morgan fingerprint density at radius 1 is 0.529 bits per heavy atom. The summed E-state index contributed by atoms with van der Waals surface area (Å²) in [5.41, 5.74) is 0. The molecule has 388 valence electrons. The maximum atomic E-state index is 12.8. The van der Waals surface area contributed by atoms with Gasteiger partial charge in [0.15, 0.2) is 0 Å². The first-order chi connectivity index (χ1) is 33.0. The lowest BCUT2D eigenvalue weighted by Gasteiger charge is -2.29. The molecule has 0 aromatic rings. The summed E-state index contributed by atoms with van der Waals surface area (Å²) >= 11 is 0. The minimum atomic E-state index is -4.59. The van der Waals surface area contributed by atoms with Crippen molar-refractivity contribution in [1.29, 1.82) is 0 Å². The van der Waals surface area contributed by atoms with Crippen LogP contribution in [0.15, 0.2) is 122 Å². The zero-order valence-corrected chi connectivity index (χ0v) is 44.9.